The average Bonchev–Trinajstić information content (AvgIpc) is 3.84. The van der Waals surface area contributed by atoms with Crippen molar-refractivity contribution in [2.45, 2.75) is 52.7 Å². The van der Waals surface area contributed by atoms with Crippen molar-refractivity contribution in [3.05, 3.63) is 174 Å². The second-order valence-electron chi connectivity index (χ2n) is 17.0. The first-order valence-corrected chi connectivity index (χ1v) is 21.9. The summed E-state index contributed by atoms with van der Waals surface area (Å²) >= 11 is 3.90. The van der Waals surface area contributed by atoms with Crippen LogP contribution in [0.25, 0.3) is 66.1 Å². The fourth-order valence-corrected chi connectivity index (χ4v) is 13.4. The second kappa shape index (κ2) is 11.6. The third-order valence-corrected chi connectivity index (χ3v) is 15.6. The van der Waals surface area contributed by atoms with Crippen molar-refractivity contribution in [2.75, 3.05) is 0 Å². The summed E-state index contributed by atoms with van der Waals surface area (Å²) in [5.74, 6) is 0. The Balaban J connectivity index is 1.22. The van der Waals surface area contributed by atoms with Crippen LogP contribution >= 0.6 is 23.5 Å². The van der Waals surface area contributed by atoms with Crippen LogP contribution in [0.15, 0.2) is 171 Å². The molecular formula is C53H37BN2S2. The molecule has 0 bridgehead atoms. The van der Waals surface area contributed by atoms with Crippen molar-refractivity contribution < 1.29 is 0 Å². The molecule has 0 unspecified atom stereocenters. The van der Waals surface area contributed by atoms with Crippen molar-refractivity contribution in [3.63, 3.8) is 0 Å². The Bertz CT molecular complexity index is 3390. The number of hydrogen-bond acceptors (Lipinski definition) is 2. The monoisotopic (exact) mass is 776 g/mol. The predicted octanol–water partition coefficient (Wildman–Crippen LogP) is 12.2. The Hall–Kier alpha value is -5.88. The Morgan fingerprint density at radius 1 is 0.500 bits per heavy atom. The van der Waals surface area contributed by atoms with Gasteiger partial charge in [0.15, 0.2) is 0 Å². The molecule has 274 valence electrons. The molecule has 8 aromatic carbocycles. The molecule has 3 aliphatic rings. The molecule has 0 fully saturated rings. The van der Waals surface area contributed by atoms with E-state index >= 15 is 0 Å². The maximum atomic E-state index is 2.64. The maximum Gasteiger partial charge on any atom is 0.247 e. The smallest absolute Gasteiger partial charge is 0.247 e. The van der Waals surface area contributed by atoms with E-state index in [4.69, 9.17) is 0 Å². The van der Waals surface area contributed by atoms with Crippen LogP contribution in [0.3, 0.4) is 0 Å². The SMILES string of the molecule is Cc1ccc2c(c1)B1c3cc(C)ccc3Sc3cc(-n4c5ccccc5c5c4c4c(c6c7ccccc7n(-c7ccccc7)c65)C(C)(C)c5ccccc5-4)cc(c31)S2. The lowest BCUT2D eigenvalue weighted by Crippen LogP contribution is -2.58. The summed E-state index contributed by atoms with van der Waals surface area (Å²) < 4.78 is 5.18. The standard InChI is InChI=1S/C53H37BN2S2/c1-30-22-24-42-38(26-30)54-39-27-31(2)23-25-43(39)58-45-29-33(28-44(57-42)50(45)54)56-41-21-13-10-18-36(41)48-51(56)46-34-16-8-11-19-37(34)53(3,4)49(46)47-35-17-9-12-20-40(35)55(52(47)48)32-14-6-5-7-15-32/h5-29H,1-4H3. The predicted molar refractivity (Wildman–Crippen MR) is 248 cm³/mol. The maximum absolute atomic E-state index is 2.64. The van der Waals surface area contributed by atoms with E-state index in [1.165, 1.54) is 124 Å². The normalized spacial score (nSPS) is 14.5. The van der Waals surface area contributed by atoms with Gasteiger partial charge in [0.2, 0.25) is 6.71 Å². The number of benzene rings is 8. The van der Waals surface area contributed by atoms with Gasteiger partial charge >= 0.3 is 0 Å². The van der Waals surface area contributed by atoms with E-state index in [1.54, 1.807) is 0 Å². The largest absolute Gasteiger partial charge is 0.309 e. The summed E-state index contributed by atoms with van der Waals surface area (Å²) in [7, 11) is 0. The Morgan fingerprint density at radius 2 is 1.05 bits per heavy atom. The van der Waals surface area contributed by atoms with Gasteiger partial charge in [-0.05, 0) is 84.5 Å². The number of hydrogen-bond donors (Lipinski definition) is 0. The van der Waals surface area contributed by atoms with Gasteiger partial charge in [-0.3, -0.25) is 0 Å². The molecule has 2 aliphatic heterocycles. The van der Waals surface area contributed by atoms with E-state index in [0.717, 1.165) is 0 Å². The van der Waals surface area contributed by atoms with E-state index in [-0.39, 0.29) is 12.1 Å². The van der Waals surface area contributed by atoms with E-state index in [9.17, 15) is 0 Å². The van der Waals surface area contributed by atoms with Crippen LogP contribution in [0.2, 0.25) is 0 Å². The number of fused-ring (bicyclic) bond motifs is 16. The molecule has 0 N–H and O–H groups in total. The molecule has 0 atom stereocenters. The average molecular weight is 777 g/mol. The molecule has 2 nitrogen and oxygen atoms in total. The summed E-state index contributed by atoms with van der Waals surface area (Å²) in [6.45, 7) is 9.56. The summed E-state index contributed by atoms with van der Waals surface area (Å²) in [6.07, 6.45) is 0. The summed E-state index contributed by atoms with van der Waals surface area (Å²) in [5.41, 5.74) is 19.7. The van der Waals surface area contributed by atoms with Crippen LogP contribution in [-0.2, 0) is 5.41 Å². The minimum Gasteiger partial charge on any atom is -0.309 e. The Kier molecular flexibility index (Phi) is 6.64. The summed E-state index contributed by atoms with van der Waals surface area (Å²) in [5, 5.41) is 5.25. The third-order valence-electron chi connectivity index (χ3n) is 13.3. The summed E-state index contributed by atoms with van der Waals surface area (Å²) in [4.78, 5) is 5.43. The lowest BCUT2D eigenvalue weighted by atomic mass is 9.36. The number of nitrogens with zero attached hydrogens (tertiary/aromatic N) is 2. The lowest BCUT2D eigenvalue weighted by molar-refractivity contribution is 0.667. The number of aryl methyl sites for hydroxylation is 2. The molecule has 0 amide bonds. The van der Waals surface area contributed by atoms with Gasteiger partial charge in [0.1, 0.15) is 0 Å². The van der Waals surface area contributed by atoms with Gasteiger partial charge in [-0.25, -0.2) is 0 Å². The quantitative estimate of drug-likeness (QED) is 0.162. The molecule has 0 saturated heterocycles. The van der Waals surface area contributed by atoms with Crippen molar-refractivity contribution in [1.29, 1.82) is 0 Å². The second-order valence-corrected chi connectivity index (χ2v) is 19.2. The van der Waals surface area contributed by atoms with Crippen molar-refractivity contribution in [1.82, 2.24) is 9.13 Å². The highest BCUT2D eigenvalue weighted by molar-refractivity contribution is 8.01. The Labute approximate surface area is 346 Å². The van der Waals surface area contributed by atoms with E-state index < -0.39 is 0 Å². The molecule has 58 heavy (non-hydrogen) atoms. The highest BCUT2D eigenvalue weighted by Crippen LogP contribution is 2.58. The summed E-state index contributed by atoms with van der Waals surface area (Å²) in [6, 6.07) is 57.6. The minimum absolute atomic E-state index is 0.211. The van der Waals surface area contributed by atoms with Gasteiger partial charge in [0.25, 0.3) is 0 Å². The molecule has 0 saturated carbocycles. The molecule has 0 radical (unpaired) electrons. The van der Waals surface area contributed by atoms with Gasteiger partial charge < -0.3 is 9.13 Å². The molecule has 4 heterocycles. The lowest BCUT2D eigenvalue weighted by Gasteiger charge is -2.34. The topological polar surface area (TPSA) is 9.86 Å². The van der Waals surface area contributed by atoms with E-state index in [1.807, 2.05) is 23.5 Å². The van der Waals surface area contributed by atoms with Gasteiger partial charge in [0, 0.05) is 63.5 Å². The molecule has 2 aromatic heterocycles. The van der Waals surface area contributed by atoms with Crippen LogP contribution < -0.4 is 16.4 Å². The van der Waals surface area contributed by atoms with Crippen LogP contribution in [0.5, 0.6) is 0 Å². The Morgan fingerprint density at radius 3 is 1.71 bits per heavy atom. The van der Waals surface area contributed by atoms with Crippen LogP contribution in [-0.4, -0.2) is 15.8 Å². The first-order chi connectivity index (χ1) is 28.4. The van der Waals surface area contributed by atoms with Crippen LogP contribution in [0.4, 0.5) is 0 Å². The van der Waals surface area contributed by atoms with Crippen molar-refractivity contribution >= 4 is 90.2 Å². The highest BCUT2D eigenvalue weighted by Gasteiger charge is 2.43. The zero-order chi connectivity index (χ0) is 38.6. The number of aromatic nitrogens is 2. The first kappa shape index (κ1) is 33.1. The van der Waals surface area contributed by atoms with Gasteiger partial charge in [-0.15, -0.1) is 0 Å². The number of para-hydroxylation sites is 3. The molecular weight excluding hydrogens is 740 g/mol. The number of rotatable bonds is 2. The van der Waals surface area contributed by atoms with Gasteiger partial charge in [-0.2, -0.15) is 0 Å². The van der Waals surface area contributed by atoms with Crippen molar-refractivity contribution in [2.24, 2.45) is 0 Å². The molecule has 13 rings (SSSR count). The fourth-order valence-electron chi connectivity index (χ4n) is 10.9. The van der Waals surface area contributed by atoms with Crippen LogP contribution in [0, 0.1) is 13.8 Å². The van der Waals surface area contributed by atoms with E-state index in [0.29, 0.717) is 0 Å². The third kappa shape index (κ3) is 4.23. The zero-order valence-corrected chi connectivity index (χ0v) is 34.4. The first-order valence-electron chi connectivity index (χ1n) is 20.3. The molecule has 1 aliphatic carbocycles. The molecule has 0 spiro atoms. The zero-order valence-electron chi connectivity index (χ0n) is 32.7. The molecule has 5 heteroatoms. The van der Waals surface area contributed by atoms with Gasteiger partial charge in [0.05, 0.1) is 22.1 Å². The minimum atomic E-state index is -0.226. The highest BCUT2D eigenvalue weighted by atomic mass is 32.2. The molecule has 10 aromatic rings. The fraction of sp³-hybridized carbons (Fsp3) is 0.0943. The van der Waals surface area contributed by atoms with Crippen molar-refractivity contribution in [3.8, 4) is 22.5 Å². The van der Waals surface area contributed by atoms with Gasteiger partial charge in [-0.1, -0.05) is 163 Å². The van der Waals surface area contributed by atoms with E-state index in [2.05, 4.69) is 188 Å². The van der Waals surface area contributed by atoms with Crippen LogP contribution in [0.1, 0.15) is 36.1 Å².